The molecule has 0 amide bonds. The molecule has 0 spiro atoms. The maximum Gasteiger partial charge on any atom is 0.574 e. The molecule has 0 atom stereocenters. The SMILES string of the molecule is Cc1c(CF)cc(CC#N)nc1OC(F)(F)F. The van der Waals surface area contributed by atoms with Crippen LogP contribution >= 0.6 is 0 Å². The van der Waals surface area contributed by atoms with Gasteiger partial charge in [-0.05, 0) is 18.6 Å². The Morgan fingerprint density at radius 3 is 2.59 bits per heavy atom. The maximum atomic E-state index is 12.6. The Balaban J connectivity index is 3.19. The minimum Gasteiger partial charge on any atom is -0.388 e. The molecule has 0 N–H and O–H groups in total. The molecule has 1 heterocycles. The van der Waals surface area contributed by atoms with Gasteiger partial charge in [0, 0.05) is 5.56 Å². The van der Waals surface area contributed by atoms with Gasteiger partial charge in [0.1, 0.15) is 6.67 Å². The third-order valence-electron chi connectivity index (χ3n) is 2.01. The number of halogens is 4. The lowest BCUT2D eigenvalue weighted by molar-refractivity contribution is -0.276. The van der Waals surface area contributed by atoms with Crippen molar-refractivity contribution in [3.63, 3.8) is 0 Å². The second kappa shape index (κ2) is 4.99. The van der Waals surface area contributed by atoms with Gasteiger partial charge in [0.25, 0.3) is 0 Å². The van der Waals surface area contributed by atoms with Crippen molar-refractivity contribution in [1.29, 1.82) is 5.26 Å². The summed E-state index contributed by atoms with van der Waals surface area (Å²) < 4.78 is 52.4. The van der Waals surface area contributed by atoms with Crippen LogP contribution < -0.4 is 4.74 Å². The van der Waals surface area contributed by atoms with Crippen LogP contribution in [0.4, 0.5) is 17.6 Å². The molecular weight excluding hydrogens is 240 g/mol. The van der Waals surface area contributed by atoms with Gasteiger partial charge in [0.15, 0.2) is 0 Å². The number of aromatic nitrogens is 1. The molecule has 0 bridgehead atoms. The minimum absolute atomic E-state index is 0.0217. The highest BCUT2D eigenvalue weighted by Crippen LogP contribution is 2.27. The van der Waals surface area contributed by atoms with E-state index >= 15 is 0 Å². The van der Waals surface area contributed by atoms with Crippen LogP contribution in [0.1, 0.15) is 16.8 Å². The van der Waals surface area contributed by atoms with Gasteiger partial charge in [-0.3, -0.25) is 0 Å². The van der Waals surface area contributed by atoms with Crippen molar-refractivity contribution >= 4 is 0 Å². The summed E-state index contributed by atoms with van der Waals surface area (Å²) in [6.45, 7) is 0.333. The van der Waals surface area contributed by atoms with E-state index in [1.807, 2.05) is 0 Å². The lowest BCUT2D eigenvalue weighted by Gasteiger charge is -2.13. The predicted molar refractivity (Wildman–Crippen MR) is 49.8 cm³/mol. The fraction of sp³-hybridized carbons (Fsp3) is 0.400. The third-order valence-corrected chi connectivity index (χ3v) is 2.01. The van der Waals surface area contributed by atoms with Gasteiger partial charge >= 0.3 is 6.36 Å². The summed E-state index contributed by atoms with van der Waals surface area (Å²) in [5, 5.41) is 8.43. The number of pyridine rings is 1. The summed E-state index contributed by atoms with van der Waals surface area (Å²) in [7, 11) is 0. The first-order valence-corrected chi connectivity index (χ1v) is 4.55. The maximum absolute atomic E-state index is 12.6. The van der Waals surface area contributed by atoms with Crippen LogP contribution in [-0.2, 0) is 13.1 Å². The Bertz CT molecular complexity index is 451. The molecule has 0 unspecified atom stereocenters. The quantitative estimate of drug-likeness (QED) is 0.772. The second-order valence-electron chi connectivity index (χ2n) is 3.22. The van der Waals surface area contributed by atoms with E-state index < -0.39 is 18.9 Å². The number of ether oxygens (including phenoxy) is 1. The summed E-state index contributed by atoms with van der Waals surface area (Å²) in [5.74, 6) is -0.710. The van der Waals surface area contributed by atoms with E-state index in [9.17, 15) is 17.6 Å². The van der Waals surface area contributed by atoms with Crippen molar-refractivity contribution < 1.29 is 22.3 Å². The Morgan fingerprint density at radius 2 is 2.12 bits per heavy atom. The number of hydrogen-bond acceptors (Lipinski definition) is 3. The van der Waals surface area contributed by atoms with E-state index in [4.69, 9.17) is 5.26 Å². The zero-order valence-electron chi connectivity index (χ0n) is 8.81. The van der Waals surface area contributed by atoms with E-state index in [1.54, 1.807) is 6.07 Å². The smallest absolute Gasteiger partial charge is 0.388 e. The van der Waals surface area contributed by atoms with E-state index in [1.165, 1.54) is 13.0 Å². The third kappa shape index (κ3) is 3.59. The molecular formula is C10H8F4N2O. The van der Waals surface area contributed by atoms with Gasteiger partial charge in [-0.1, -0.05) is 0 Å². The van der Waals surface area contributed by atoms with Crippen LogP contribution in [0.3, 0.4) is 0 Å². The molecule has 0 saturated heterocycles. The molecule has 0 saturated carbocycles. The summed E-state index contributed by atoms with van der Waals surface area (Å²) in [6, 6.07) is 2.97. The molecule has 7 heteroatoms. The molecule has 0 aliphatic carbocycles. The molecule has 0 aliphatic rings. The Hall–Kier alpha value is -1.84. The van der Waals surface area contributed by atoms with Crippen LogP contribution in [-0.4, -0.2) is 11.3 Å². The number of alkyl halides is 4. The molecule has 0 aromatic carbocycles. The van der Waals surface area contributed by atoms with Crippen molar-refractivity contribution in [3.8, 4) is 11.9 Å². The Labute approximate surface area is 94.6 Å². The van der Waals surface area contributed by atoms with Crippen molar-refractivity contribution in [2.45, 2.75) is 26.4 Å². The molecule has 1 aromatic rings. The second-order valence-corrected chi connectivity index (χ2v) is 3.22. The van der Waals surface area contributed by atoms with E-state index in [-0.39, 0.29) is 23.2 Å². The first kappa shape index (κ1) is 13.2. The molecule has 1 rings (SSSR count). The highest BCUT2D eigenvalue weighted by Gasteiger charge is 2.33. The van der Waals surface area contributed by atoms with Crippen LogP contribution in [0, 0.1) is 18.3 Å². The van der Waals surface area contributed by atoms with Gasteiger partial charge in [-0.2, -0.15) is 5.26 Å². The minimum atomic E-state index is -4.89. The molecule has 17 heavy (non-hydrogen) atoms. The highest BCUT2D eigenvalue weighted by molar-refractivity contribution is 5.36. The van der Waals surface area contributed by atoms with Gasteiger partial charge in [-0.25, -0.2) is 9.37 Å². The average molecular weight is 248 g/mol. The summed E-state index contributed by atoms with van der Waals surface area (Å²) in [4.78, 5) is 3.52. The van der Waals surface area contributed by atoms with E-state index in [2.05, 4.69) is 9.72 Å². The van der Waals surface area contributed by atoms with Crippen LogP contribution in [0.2, 0.25) is 0 Å². The predicted octanol–water partition coefficient (Wildman–Crippen LogP) is 2.82. The van der Waals surface area contributed by atoms with Gasteiger partial charge < -0.3 is 4.74 Å². The summed E-state index contributed by atoms with van der Waals surface area (Å²) in [6.07, 6.45) is -5.10. The van der Waals surface area contributed by atoms with Crippen molar-refractivity contribution in [2.75, 3.05) is 0 Å². The fourth-order valence-electron chi connectivity index (χ4n) is 1.21. The normalized spacial score (nSPS) is 11.1. The zero-order valence-corrected chi connectivity index (χ0v) is 8.81. The topological polar surface area (TPSA) is 45.9 Å². The number of nitriles is 1. The van der Waals surface area contributed by atoms with E-state index in [0.717, 1.165) is 0 Å². The summed E-state index contributed by atoms with van der Waals surface area (Å²) in [5.41, 5.74) is 0.0565. The molecule has 0 fully saturated rings. The van der Waals surface area contributed by atoms with Crippen LogP contribution in [0.25, 0.3) is 0 Å². The fourth-order valence-corrected chi connectivity index (χ4v) is 1.21. The standard InChI is InChI=1S/C10H8F4N2O/c1-6-7(5-11)4-8(2-3-15)16-9(6)17-10(12,13)14/h4H,2,5H2,1H3. The van der Waals surface area contributed by atoms with Crippen LogP contribution in [0.5, 0.6) is 5.88 Å². The zero-order chi connectivity index (χ0) is 13.1. The Kier molecular flexibility index (Phi) is 3.89. The largest absolute Gasteiger partial charge is 0.574 e. The Morgan fingerprint density at radius 1 is 1.47 bits per heavy atom. The monoisotopic (exact) mass is 248 g/mol. The number of nitrogens with zero attached hydrogens (tertiary/aromatic N) is 2. The average Bonchev–Trinajstić information content (AvgIpc) is 2.21. The number of hydrogen-bond donors (Lipinski definition) is 0. The molecule has 3 nitrogen and oxygen atoms in total. The first-order valence-electron chi connectivity index (χ1n) is 4.55. The number of rotatable bonds is 3. The van der Waals surface area contributed by atoms with Crippen molar-refractivity contribution in [1.82, 2.24) is 4.98 Å². The highest BCUT2D eigenvalue weighted by atomic mass is 19.4. The van der Waals surface area contributed by atoms with Crippen LogP contribution in [0.15, 0.2) is 6.07 Å². The van der Waals surface area contributed by atoms with Gasteiger partial charge in [-0.15, -0.1) is 13.2 Å². The van der Waals surface area contributed by atoms with Crippen molar-refractivity contribution in [3.05, 3.63) is 22.9 Å². The van der Waals surface area contributed by atoms with Gasteiger partial charge in [0.05, 0.1) is 18.2 Å². The first-order chi connectivity index (χ1) is 7.87. The molecule has 92 valence electrons. The van der Waals surface area contributed by atoms with Gasteiger partial charge in [0.2, 0.25) is 5.88 Å². The molecule has 1 aromatic heterocycles. The lowest BCUT2D eigenvalue weighted by Crippen LogP contribution is -2.19. The summed E-state index contributed by atoms with van der Waals surface area (Å²) >= 11 is 0. The molecule has 0 radical (unpaired) electrons. The lowest BCUT2D eigenvalue weighted by atomic mass is 10.1. The molecule has 0 aliphatic heterocycles. The van der Waals surface area contributed by atoms with Crippen molar-refractivity contribution in [2.24, 2.45) is 0 Å². The van der Waals surface area contributed by atoms with E-state index in [0.29, 0.717) is 0 Å².